The second kappa shape index (κ2) is 5.99. The summed E-state index contributed by atoms with van der Waals surface area (Å²) in [6.45, 7) is 10.2. The molecule has 94 valence electrons. The Morgan fingerprint density at radius 1 is 1.29 bits per heavy atom. The molecule has 0 spiro atoms. The van der Waals surface area contributed by atoms with E-state index in [4.69, 9.17) is 23.2 Å². The number of nitrogens with two attached hydrogens (primary N) is 1. The average Bonchev–Trinajstić information content (AvgIpc) is 2.29. The summed E-state index contributed by atoms with van der Waals surface area (Å²) in [6.07, 6.45) is 0. The van der Waals surface area contributed by atoms with Gasteiger partial charge in [-0.1, -0.05) is 12.2 Å². The monoisotopic (exact) mass is 252 g/mol. The molecular weight excluding hydrogens is 232 g/mol. The third-order valence-electron chi connectivity index (χ3n) is 3.24. The van der Waals surface area contributed by atoms with Gasteiger partial charge in [0.1, 0.15) is 16.6 Å². The van der Waals surface area contributed by atoms with Gasteiger partial charge in [0, 0.05) is 37.9 Å². The summed E-state index contributed by atoms with van der Waals surface area (Å²) in [5.41, 5.74) is 6.89. The lowest BCUT2D eigenvalue weighted by molar-refractivity contribution is 0.130. The third-order valence-corrected chi connectivity index (χ3v) is 3.44. The molecule has 1 saturated heterocycles. The summed E-state index contributed by atoms with van der Waals surface area (Å²) in [7, 11) is 0. The molecule has 1 heterocycles. The van der Waals surface area contributed by atoms with Gasteiger partial charge >= 0.3 is 0 Å². The zero-order valence-electron chi connectivity index (χ0n) is 10.7. The molecule has 0 unspecified atom stereocenters. The zero-order valence-corrected chi connectivity index (χ0v) is 11.5. The molecule has 1 aliphatic heterocycles. The Hall–Kier alpha value is -1.12. The largest absolute Gasteiger partial charge is 0.389 e. The van der Waals surface area contributed by atoms with Crippen LogP contribution in [-0.4, -0.2) is 47.0 Å². The van der Waals surface area contributed by atoms with E-state index < -0.39 is 0 Å². The summed E-state index contributed by atoms with van der Waals surface area (Å²) in [6, 6.07) is 2.67. The molecule has 1 fully saturated rings. The van der Waals surface area contributed by atoms with Crippen molar-refractivity contribution in [2.24, 2.45) is 5.73 Å². The van der Waals surface area contributed by atoms with Crippen molar-refractivity contribution >= 4 is 17.2 Å². The fraction of sp³-hybridized carbons (Fsp3) is 0.667. The summed E-state index contributed by atoms with van der Waals surface area (Å²) in [5.74, 6) is 0. The van der Waals surface area contributed by atoms with Crippen LogP contribution in [0.25, 0.3) is 0 Å². The van der Waals surface area contributed by atoms with Crippen LogP contribution >= 0.6 is 12.2 Å². The summed E-state index contributed by atoms with van der Waals surface area (Å²) in [5, 5.41) is 9.03. The van der Waals surface area contributed by atoms with Crippen molar-refractivity contribution in [1.29, 1.82) is 5.26 Å². The fourth-order valence-electron chi connectivity index (χ4n) is 2.05. The average molecular weight is 252 g/mol. The molecule has 5 heteroatoms. The van der Waals surface area contributed by atoms with E-state index in [9.17, 15) is 0 Å². The van der Waals surface area contributed by atoms with E-state index >= 15 is 0 Å². The molecule has 0 aromatic carbocycles. The van der Waals surface area contributed by atoms with Crippen molar-refractivity contribution in [2.45, 2.75) is 26.8 Å². The smallest absolute Gasteiger partial charge is 0.116 e. The number of hydrogen-bond donors (Lipinski definition) is 1. The standard InChI is InChI=1S/C12H20N4S/c1-9(2)15-4-6-16(7-5-15)10(3)11(8-13)12(14)17/h9H,4-7H2,1-3H3,(H2,14,17)/b11-10-. The lowest BCUT2D eigenvalue weighted by Gasteiger charge is -2.38. The van der Waals surface area contributed by atoms with Crippen LogP contribution in [0, 0.1) is 11.3 Å². The minimum absolute atomic E-state index is 0.191. The highest BCUT2D eigenvalue weighted by molar-refractivity contribution is 7.80. The first-order chi connectivity index (χ1) is 7.97. The first-order valence-electron chi connectivity index (χ1n) is 5.87. The normalized spacial score (nSPS) is 18.9. The van der Waals surface area contributed by atoms with Gasteiger partial charge in [-0.25, -0.2) is 0 Å². The highest BCUT2D eigenvalue weighted by atomic mass is 32.1. The van der Waals surface area contributed by atoms with Crippen molar-refractivity contribution in [3.63, 3.8) is 0 Å². The van der Waals surface area contributed by atoms with Crippen LogP contribution in [-0.2, 0) is 0 Å². The number of piperazine rings is 1. The highest BCUT2D eigenvalue weighted by Gasteiger charge is 2.20. The number of nitriles is 1. The molecule has 0 amide bonds. The van der Waals surface area contributed by atoms with E-state index in [-0.39, 0.29) is 4.99 Å². The minimum Gasteiger partial charge on any atom is -0.389 e. The van der Waals surface area contributed by atoms with Crippen LogP contribution in [0.15, 0.2) is 11.3 Å². The van der Waals surface area contributed by atoms with E-state index in [1.807, 2.05) is 6.92 Å². The predicted molar refractivity (Wildman–Crippen MR) is 73.4 cm³/mol. The molecule has 1 aliphatic rings. The third kappa shape index (κ3) is 3.42. The van der Waals surface area contributed by atoms with Crippen LogP contribution in [0.1, 0.15) is 20.8 Å². The molecule has 0 saturated carbocycles. The maximum Gasteiger partial charge on any atom is 0.116 e. The molecule has 0 aromatic heterocycles. The quantitative estimate of drug-likeness (QED) is 0.463. The second-order valence-corrected chi connectivity index (χ2v) is 4.99. The summed E-state index contributed by atoms with van der Waals surface area (Å²) in [4.78, 5) is 4.81. The molecule has 0 atom stereocenters. The van der Waals surface area contributed by atoms with Gasteiger partial charge in [0.25, 0.3) is 0 Å². The van der Waals surface area contributed by atoms with Crippen LogP contribution in [0.2, 0.25) is 0 Å². The van der Waals surface area contributed by atoms with Crippen LogP contribution in [0.4, 0.5) is 0 Å². The van der Waals surface area contributed by atoms with E-state index in [1.165, 1.54) is 0 Å². The number of nitrogens with zero attached hydrogens (tertiary/aromatic N) is 3. The number of hydrogen-bond acceptors (Lipinski definition) is 4. The Kier molecular flexibility index (Phi) is 4.91. The molecular formula is C12H20N4S. The second-order valence-electron chi connectivity index (χ2n) is 4.55. The maximum atomic E-state index is 9.03. The molecule has 0 bridgehead atoms. The van der Waals surface area contributed by atoms with Crippen molar-refractivity contribution in [3.05, 3.63) is 11.3 Å². The Balaban J connectivity index is 2.72. The minimum atomic E-state index is 0.191. The van der Waals surface area contributed by atoms with Crippen LogP contribution in [0.5, 0.6) is 0 Å². The fourth-order valence-corrected chi connectivity index (χ4v) is 2.24. The van der Waals surface area contributed by atoms with Crippen molar-refractivity contribution in [3.8, 4) is 6.07 Å². The molecule has 17 heavy (non-hydrogen) atoms. The van der Waals surface area contributed by atoms with Gasteiger partial charge in [0.05, 0.1) is 0 Å². The van der Waals surface area contributed by atoms with Gasteiger partial charge in [0.2, 0.25) is 0 Å². The lowest BCUT2D eigenvalue weighted by atomic mass is 10.2. The first kappa shape index (κ1) is 13.9. The van der Waals surface area contributed by atoms with Gasteiger partial charge in [-0.15, -0.1) is 0 Å². The topological polar surface area (TPSA) is 56.3 Å². The zero-order chi connectivity index (χ0) is 13.0. The van der Waals surface area contributed by atoms with Gasteiger partial charge in [-0.05, 0) is 20.8 Å². The number of rotatable bonds is 3. The van der Waals surface area contributed by atoms with E-state index in [0.29, 0.717) is 11.6 Å². The Bertz CT molecular complexity index is 359. The van der Waals surface area contributed by atoms with Crippen molar-refractivity contribution < 1.29 is 0 Å². The molecule has 4 nitrogen and oxygen atoms in total. The molecule has 1 rings (SSSR count). The number of thiocarbonyl (C=S) groups is 1. The van der Waals surface area contributed by atoms with Crippen molar-refractivity contribution in [2.75, 3.05) is 26.2 Å². The lowest BCUT2D eigenvalue weighted by Crippen LogP contribution is -2.48. The maximum absolute atomic E-state index is 9.03. The highest BCUT2D eigenvalue weighted by Crippen LogP contribution is 2.14. The summed E-state index contributed by atoms with van der Waals surface area (Å²) >= 11 is 4.89. The van der Waals surface area contributed by atoms with E-state index in [2.05, 4.69) is 29.7 Å². The van der Waals surface area contributed by atoms with Crippen molar-refractivity contribution in [1.82, 2.24) is 9.80 Å². The number of allylic oxidation sites excluding steroid dienone is 1. The SMILES string of the molecule is C/C(=C(\C#N)C(N)=S)N1CCN(C(C)C)CC1. The molecule has 2 N–H and O–H groups in total. The Morgan fingerprint density at radius 2 is 1.82 bits per heavy atom. The van der Waals surface area contributed by atoms with Gasteiger partial charge in [0.15, 0.2) is 0 Å². The van der Waals surface area contributed by atoms with Gasteiger partial charge < -0.3 is 10.6 Å². The summed E-state index contributed by atoms with van der Waals surface area (Å²) < 4.78 is 0. The van der Waals surface area contributed by atoms with Gasteiger partial charge in [-0.3, -0.25) is 4.90 Å². The van der Waals surface area contributed by atoms with E-state index in [0.717, 1.165) is 31.9 Å². The van der Waals surface area contributed by atoms with E-state index in [1.54, 1.807) is 0 Å². The molecule has 0 aromatic rings. The van der Waals surface area contributed by atoms with Crippen LogP contribution in [0.3, 0.4) is 0 Å². The Morgan fingerprint density at radius 3 is 2.18 bits per heavy atom. The first-order valence-corrected chi connectivity index (χ1v) is 6.28. The van der Waals surface area contributed by atoms with Gasteiger partial charge in [-0.2, -0.15) is 5.26 Å². The molecule has 0 aliphatic carbocycles. The Labute approximate surface area is 109 Å². The van der Waals surface area contributed by atoms with Crippen LogP contribution < -0.4 is 5.73 Å². The molecule has 0 radical (unpaired) electrons. The predicted octanol–water partition coefficient (Wildman–Crippen LogP) is 1.10.